The topological polar surface area (TPSA) is 42.4 Å². The van der Waals surface area contributed by atoms with E-state index in [1.165, 1.54) is 31.0 Å². The minimum atomic E-state index is 0.569. The molecule has 0 spiro atoms. The molecule has 1 aromatic rings. The van der Waals surface area contributed by atoms with Gasteiger partial charge in [-0.05, 0) is 24.8 Å². The van der Waals surface area contributed by atoms with E-state index in [-0.39, 0.29) is 0 Å². The first-order chi connectivity index (χ1) is 7.38. The SMILES string of the molecule is NCc1coc(CN2CCCSCC2)c1. The Morgan fingerprint density at radius 1 is 1.40 bits per heavy atom. The molecular weight excluding hydrogens is 208 g/mol. The molecule has 1 fully saturated rings. The molecule has 0 aromatic carbocycles. The van der Waals surface area contributed by atoms with E-state index in [9.17, 15) is 0 Å². The van der Waals surface area contributed by atoms with Crippen LogP contribution >= 0.6 is 11.8 Å². The van der Waals surface area contributed by atoms with Crippen LogP contribution in [0.2, 0.25) is 0 Å². The van der Waals surface area contributed by atoms with Crippen molar-refractivity contribution >= 4 is 11.8 Å². The molecule has 1 aromatic heterocycles. The first-order valence-corrected chi connectivity index (χ1v) is 6.60. The number of nitrogens with two attached hydrogens (primary N) is 1. The predicted molar refractivity (Wildman–Crippen MR) is 63.8 cm³/mol. The van der Waals surface area contributed by atoms with E-state index >= 15 is 0 Å². The fraction of sp³-hybridized carbons (Fsp3) is 0.636. The molecule has 2 N–H and O–H groups in total. The van der Waals surface area contributed by atoms with E-state index in [1.54, 1.807) is 6.26 Å². The van der Waals surface area contributed by atoms with E-state index in [4.69, 9.17) is 10.2 Å². The van der Waals surface area contributed by atoms with Crippen LogP contribution in [-0.4, -0.2) is 29.5 Å². The minimum Gasteiger partial charge on any atom is -0.468 e. The standard InChI is InChI=1S/C11H18N2OS/c12-7-10-6-11(14-9-10)8-13-2-1-4-15-5-3-13/h6,9H,1-5,7-8,12H2. The van der Waals surface area contributed by atoms with Crippen LogP contribution in [0.25, 0.3) is 0 Å². The molecule has 3 nitrogen and oxygen atoms in total. The lowest BCUT2D eigenvalue weighted by Crippen LogP contribution is -2.25. The lowest BCUT2D eigenvalue weighted by molar-refractivity contribution is 0.262. The van der Waals surface area contributed by atoms with Gasteiger partial charge in [-0.15, -0.1) is 0 Å². The summed E-state index contributed by atoms with van der Waals surface area (Å²) in [5, 5.41) is 0. The van der Waals surface area contributed by atoms with Crippen molar-refractivity contribution in [3.8, 4) is 0 Å². The van der Waals surface area contributed by atoms with Crippen molar-refractivity contribution in [1.82, 2.24) is 4.90 Å². The van der Waals surface area contributed by atoms with Gasteiger partial charge in [-0.25, -0.2) is 0 Å². The summed E-state index contributed by atoms with van der Waals surface area (Å²) in [5.74, 6) is 3.58. The third kappa shape index (κ3) is 3.26. The van der Waals surface area contributed by atoms with Gasteiger partial charge >= 0.3 is 0 Å². The zero-order chi connectivity index (χ0) is 10.5. The summed E-state index contributed by atoms with van der Waals surface area (Å²) < 4.78 is 5.47. The van der Waals surface area contributed by atoms with E-state index in [0.29, 0.717) is 6.54 Å². The van der Waals surface area contributed by atoms with Gasteiger partial charge in [-0.1, -0.05) is 0 Å². The second-order valence-electron chi connectivity index (χ2n) is 3.87. The van der Waals surface area contributed by atoms with Crippen molar-refractivity contribution in [2.24, 2.45) is 5.73 Å². The molecule has 1 aliphatic heterocycles. The molecule has 0 saturated carbocycles. The highest BCUT2D eigenvalue weighted by Crippen LogP contribution is 2.14. The van der Waals surface area contributed by atoms with E-state index in [1.807, 2.05) is 11.8 Å². The quantitative estimate of drug-likeness (QED) is 0.851. The van der Waals surface area contributed by atoms with Crippen LogP contribution in [-0.2, 0) is 13.1 Å². The largest absolute Gasteiger partial charge is 0.468 e. The molecular formula is C11H18N2OS. The highest BCUT2D eigenvalue weighted by atomic mass is 32.2. The Balaban J connectivity index is 1.89. The van der Waals surface area contributed by atoms with Crippen LogP contribution in [0.4, 0.5) is 0 Å². The van der Waals surface area contributed by atoms with Crippen molar-refractivity contribution in [1.29, 1.82) is 0 Å². The summed E-state index contributed by atoms with van der Waals surface area (Å²) in [6.45, 7) is 3.86. The molecule has 0 amide bonds. The Kier molecular flexibility index (Phi) is 4.11. The maximum absolute atomic E-state index is 5.54. The van der Waals surface area contributed by atoms with Gasteiger partial charge in [-0.3, -0.25) is 4.90 Å². The number of furan rings is 1. The molecule has 2 rings (SSSR count). The third-order valence-electron chi connectivity index (χ3n) is 2.64. The van der Waals surface area contributed by atoms with E-state index < -0.39 is 0 Å². The Hall–Kier alpha value is -0.450. The molecule has 1 aliphatic rings. The average Bonchev–Trinajstić information content (AvgIpc) is 2.54. The van der Waals surface area contributed by atoms with Crippen LogP contribution in [0.15, 0.2) is 16.7 Å². The summed E-state index contributed by atoms with van der Waals surface area (Å²) in [6.07, 6.45) is 3.05. The van der Waals surface area contributed by atoms with Crippen molar-refractivity contribution in [3.05, 3.63) is 23.7 Å². The summed E-state index contributed by atoms with van der Waals surface area (Å²) in [6, 6.07) is 2.07. The Morgan fingerprint density at radius 3 is 3.13 bits per heavy atom. The molecule has 2 heterocycles. The van der Waals surface area contributed by atoms with Crippen molar-refractivity contribution in [2.75, 3.05) is 24.6 Å². The molecule has 4 heteroatoms. The van der Waals surface area contributed by atoms with Gasteiger partial charge in [0, 0.05) is 24.4 Å². The van der Waals surface area contributed by atoms with Gasteiger partial charge < -0.3 is 10.2 Å². The monoisotopic (exact) mass is 226 g/mol. The molecule has 0 atom stereocenters. The van der Waals surface area contributed by atoms with Gasteiger partial charge in [-0.2, -0.15) is 11.8 Å². The molecule has 0 aliphatic carbocycles. The van der Waals surface area contributed by atoms with Gasteiger partial charge in [0.05, 0.1) is 12.8 Å². The molecule has 0 unspecified atom stereocenters. The number of thioether (sulfide) groups is 1. The van der Waals surface area contributed by atoms with Crippen molar-refractivity contribution in [2.45, 2.75) is 19.5 Å². The second-order valence-corrected chi connectivity index (χ2v) is 5.09. The smallest absolute Gasteiger partial charge is 0.118 e. The molecule has 1 saturated heterocycles. The predicted octanol–water partition coefficient (Wildman–Crippen LogP) is 1.68. The van der Waals surface area contributed by atoms with Gasteiger partial charge in [0.1, 0.15) is 5.76 Å². The average molecular weight is 226 g/mol. The fourth-order valence-corrected chi connectivity index (χ4v) is 2.72. The Labute approximate surface area is 95.0 Å². The normalized spacial score (nSPS) is 19.0. The maximum atomic E-state index is 5.54. The highest BCUT2D eigenvalue weighted by molar-refractivity contribution is 7.99. The summed E-state index contributed by atoms with van der Waals surface area (Å²) >= 11 is 2.05. The van der Waals surface area contributed by atoms with E-state index in [2.05, 4.69) is 11.0 Å². The molecule has 84 valence electrons. The van der Waals surface area contributed by atoms with Crippen LogP contribution in [0.3, 0.4) is 0 Å². The van der Waals surface area contributed by atoms with Gasteiger partial charge in [0.15, 0.2) is 0 Å². The second kappa shape index (κ2) is 5.58. The lowest BCUT2D eigenvalue weighted by Gasteiger charge is -2.17. The van der Waals surface area contributed by atoms with Crippen molar-refractivity contribution < 1.29 is 4.42 Å². The number of hydrogen-bond donors (Lipinski definition) is 1. The maximum Gasteiger partial charge on any atom is 0.118 e. The first-order valence-electron chi connectivity index (χ1n) is 5.45. The molecule has 0 bridgehead atoms. The highest BCUT2D eigenvalue weighted by Gasteiger charge is 2.11. The fourth-order valence-electron chi connectivity index (χ4n) is 1.79. The van der Waals surface area contributed by atoms with Gasteiger partial charge in [0.2, 0.25) is 0 Å². The zero-order valence-corrected chi connectivity index (χ0v) is 9.76. The van der Waals surface area contributed by atoms with Crippen LogP contribution < -0.4 is 5.73 Å². The number of rotatable bonds is 3. The zero-order valence-electron chi connectivity index (χ0n) is 8.95. The van der Waals surface area contributed by atoms with Crippen LogP contribution in [0, 0.1) is 0 Å². The lowest BCUT2D eigenvalue weighted by atomic mass is 10.3. The van der Waals surface area contributed by atoms with E-state index in [0.717, 1.165) is 17.9 Å². The molecule has 0 radical (unpaired) electrons. The first kappa shape index (κ1) is 11.0. The number of nitrogens with zero attached hydrogens (tertiary/aromatic N) is 1. The summed E-state index contributed by atoms with van der Waals surface area (Å²) in [7, 11) is 0. The number of hydrogen-bond acceptors (Lipinski definition) is 4. The van der Waals surface area contributed by atoms with Crippen LogP contribution in [0.5, 0.6) is 0 Å². The van der Waals surface area contributed by atoms with Crippen LogP contribution in [0.1, 0.15) is 17.7 Å². The summed E-state index contributed by atoms with van der Waals surface area (Å²) in [4.78, 5) is 2.46. The Morgan fingerprint density at radius 2 is 2.33 bits per heavy atom. The molecule has 15 heavy (non-hydrogen) atoms. The van der Waals surface area contributed by atoms with Gasteiger partial charge in [0.25, 0.3) is 0 Å². The Bertz CT molecular complexity index is 293. The summed E-state index contributed by atoms with van der Waals surface area (Å²) in [5.41, 5.74) is 6.64. The van der Waals surface area contributed by atoms with Crippen molar-refractivity contribution in [3.63, 3.8) is 0 Å². The third-order valence-corrected chi connectivity index (χ3v) is 3.69. The minimum absolute atomic E-state index is 0.569.